The van der Waals surface area contributed by atoms with Crippen molar-refractivity contribution in [3.8, 4) is 23.0 Å². The highest BCUT2D eigenvalue weighted by Gasteiger charge is 2.22. The van der Waals surface area contributed by atoms with Gasteiger partial charge in [-0.15, -0.1) is 0 Å². The molecule has 1 aliphatic heterocycles. The number of para-hydroxylation sites is 1. The van der Waals surface area contributed by atoms with Crippen LogP contribution in [0.2, 0.25) is 0 Å². The molecule has 0 aromatic heterocycles. The average molecular weight is 365 g/mol. The van der Waals surface area contributed by atoms with E-state index in [1.54, 1.807) is 30.3 Å². The quantitative estimate of drug-likeness (QED) is 0.843. The molecule has 25 heavy (non-hydrogen) atoms. The van der Waals surface area contributed by atoms with Crippen molar-refractivity contribution in [2.75, 3.05) is 27.4 Å². The van der Waals surface area contributed by atoms with Gasteiger partial charge in [0.15, 0.2) is 11.5 Å². The molecule has 0 amide bonds. The zero-order chi connectivity index (χ0) is 17.9. The van der Waals surface area contributed by atoms with Crippen molar-refractivity contribution in [2.45, 2.75) is 11.4 Å². The maximum absolute atomic E-state index is 12.7. The highest BCUT2D eigenvalue weighted by molar-refractivity contribution is 7.89. The number of benzene rings is 2. The molecular formula is C17H19NO6S. The monoisotopic (exact) mass is 365 g/mol. The predicted octanol–water partition coefficient (Wildman–Crippen LogP) is 1.95. The van der Waals surface area contributed by atoms with Gasteiger partial charge < -0.3 is 18.9 Å². The topological polar surface area (TPSA) is 83.1 Å². The summed E-state index contributed by atoms with van der Waals surface area (Å²) in [5, 5.41) is 0. The van der Waals surface area contributed by atoms with Crippen molar-refractivity contribution in [3.05, 3.63) is 42.0 Å². The summed E-state index contributed by atoms with van der Waals surface area (Å²) in [5.41, 5.74) is 0.697. The van der Waals surface area contributed by atoms with Crippen LogP contribution >= 0.6 is 0 Å². The number of hydrogen-bond donors (Lipinski definition) is 1. The molecule has 0 saturated heterocycles. The molecule has 0 spiro atoms. The minimum absolute atomic E-state index is 0.0105. The minimum atomic E-state index is -3.81. The summed E-state index contributed by atoms with van der Waals surface area (Å²) >= 11 is 0. The third-order valence-corrected chi connectivity index (χ3v) is 5.18. The van der Waals surface area contributed by atoms with E-state index in [-0.39, 0.29) is 17.2 Å². The van der Waals surface area contributed by atoms with Crippen molar-refractivity contribution in [1.29, 1.82) is 0 Å². The van der Waals surface area contributed by atoms with Gasteiger partial charge in [-0.25, -0.2) is 13.1 Å². The molecule has 7 nitrogen and oxygen atoms in total. The van der Waals surface area contributed by atoms with Crippen LogP contribution in [0, 0.1) is 0 Å². The molecule has 1 heterocycles. The van der Waals surface area contributed by atoms with Crippen molar-refractivity contribution in [3.63, 3.8) is 0 Å². The third kappa shape index (κ3) is 3.64. The highest BCUT2D eigenvalue weighted by Crippen LogP contribution is 2.34. The number of hydrogen-bond acceptors (Lipinski definition) is 6. The molecule has 0 saturated carbocycles. The fraction of sp³-hybridized carbons (Fsp3) is 0.294. The average Bonchev–Trinajstić information content (AvgIpc) is 2.65. The largest absolute Gasteiger partial charge is 0.497 e. The lowest BCUT2D eigenvalue weighted by molar-refractivity contribution is 0.170. The van der Waals surface area contributed by atoms with Gasteiger partial charge in [0.05, 0.1) is 14.2 Å². The van der Waals surface area contributed by atoms with Gasteiger partial charge in [0.25, 0.3) is 0 Å². The van der Waals surface area contributed by atoms with Crippen LogP contribution in [0.1, 0.15) is 5.56 Å². The number of ether oxygens (including phenoxy) is 4. The molecule has 2 aromatic carbocycles. The van der Waals surface area contributed by atoms with Crippen molar-refractivity contribution in [1.82, 2.24) is 4.72 Å². The van der Waals surface area contributed by atoms with Gasteiger partial charge in [-0.3, -0.25) is 0 Å². The first-order chi connectivity index (χ1) is 12.0. The van der Waals surface area contributed by atoms with E-state index in [1.807, 2.05) is 0 Å². The molecule has 0 radical (unpaired) electrons. The first-order valence-electron chi connectivity index (χ1n) is 7.64. The SMILES string of the molecule is COc1ccc(OC)c(S(=O)(=O)NCc2cccc3c2OCCO3)c1. The Kier molecular flexibility index (Phi) is 5.00. The van der Waals surface area contributed by atoms with E-state index in [1.165, 1.54) is 20.3 Å². The first-order valence-corrected chi connectivity index (χ1v) is 9.12. The normalized spacial score (nSPS) is 13.4. The Morgan fingerprint density at radius 3 is 2.64 bits per heavy atom. The zero-order valence-electron chi connectivity index (χ0n) is 13.9. The minimum Gasteiger partial charge on any atom is -0.497 e. The fourth-order valence-electron chi connectivity index (χ4n) is 2.52. The van der Waals surface area contributed by atoms with Crippen LogP contribution in [0.25, 0.3) is 0 Å². The second kappa shape index (κ2) is 7.20. The van der Waals surface area contributed by atoms with Gasteiger partial charge in [-0.1, -0.05) is 12.1 Å². The molecule has 0 unspecified atom stereocenters. The third-order valence-electron chi connectivity index (χ3n) is 3.76. The van der Waals surface area contributed by atoms with Gasteiger partial charge in [-0.2, -0.15) is 0 Å². The molecule has 3 rings (SSSR count). The van der Waals surface area contributed by atoms with E-state index in [9.17, 15) is 8.42 Å². The maximum Gasteiger partial charge on any atom is 0.244 e. The van der Waals surface area contributed by atoms with E-state index < -0.39 is 10.0 Å². The summed E-state index contributed by atoms with van der Waals surface area (Å²) in [6, 6.07) is 9.98. The summed E-state index contributed by atoms with van der Waals surface area (Å²) in [6.07, 6.45) is 0. The van der Waals surface area contributed by atoms with Crippen LogP contribution in [0.15, 0.2) is 41.3 Å². The second-order valence-corrected chi connectivity index (χ2v) is 7.02. The molecule has 0 fully saturated rings. The molecular weight excluding hydrogens is 346 g/mol. The van der Waals surface area contributed by atoms with Crippen LogP contribution in [0.3, 0.4) is 0 Å². The Bertz CT molecular complexity index is 865. The lowest BCUT2D eigenvalue weighted by atomic mass is 10.2. The van der Waals surface area contributed by atoms with Gasteiger partial charge in [0, 0.05) is 18.2 Å². The summed E-state index contributed by atoms with van der Waals surface area (Å²) in [7, 11) is -0.924. The Labute approximate surface area is 146 Å². The van der Waals surface area contributed by atoms with Crippen LogP contribution in [-0.4, -0.2) is 35.9 Å². The lowest BCUT2D eigenvalue weighted by Crippen LogP contribution is -2.25. The molecule has 8 heteroatoms. The second-order valence-electron chi connectivity index (χ2n) is 5.28. The van der Waals surface area contributed by atoms with Gasteiger partial charge in [0.2, 0.25) is 10.0 Å². The van der Waals surface area contributed by atoms with E-state index in [0.717, 1.165) is 0 Å². The van der Waals surface area contributed by atoms with Crippen LogP contribution < -0.4 is 23.7 Å². The molecule has 1 aliphatic rings. The Hall–Kier alpha value is -2.45. The molecule has 1 N–H and O–H groups in total. The van der Waals surface area contributed by atoms with Gasteiger partial charge in [-0.05, 0) is 18.2 Å². The standard InChI is InChI=1S/C17H19NO6S/c1-21-13-6-7-14(22-2)16(10-13)25(19,20)18-11-12-4-3-5-15-17(12)24-9-8-23-15/h3-7,10,18H,8-9,11H2,1-2H3. The summed E-state index contributed by atoms with van der Waals surface area (Å²) in [4.78, 5) is 0.0105. The molecule has 0 atom stereocenters. The van der Waals surface area contributed by atoms with E-state index in [4.69, 9.17) is 18.9 Å². The van der Waals surface area contributed by atoms with Gasteiger partial charge in [0.1, 0.15) is 29.6 Å². The number of nitrogens with one attached hydrogen (secondary N) is 1. The number of fused-ring (bicyclic) bond motifs is 1. The lowest BCUT2D eigenvalue weighted by Gasteiger charge is -2.21. The van der Waals surface area contributed by atoms with Crippen molar-refractivity contribution >= 4 is 10.0 Å². The maximum atomic E-state index is 12.7. The fourth-order valence-corrected chi connectivity index (χ4v) is 3.71. The van der Waals surface area contributed by atoms with E-state index in [2.05, 4.69) is 4.72 Å². The van der Waals surface area contributed by atoms with E-state index >= 15 is 0 Å². The molecule has 2 aromatic rings. The van der Waals surface area contributed by atoms with Gasteiger partial charge >= 0.3 is 0 Å². The van der Waals surface area contributed by atoms with E-state index in [0.29, 0.717) is 36.0 Å². The Morgan fingerprint density at radius 2 is 1.88 bits per heavy atom. The van der Waals surface area contributed by atoms with Crippen molar-refractivity contribution < 1.29 is 27.4 Å². The van der Waals surface area contributed by atoms with Crippen LogP contribution in [0.4, 0.5) is 0 Å². The van der Waals surface area contributed by atoms with Crippen molar-refractivity contribution in [2.24, 2.45) is 0 Å². The Morgan fingerprint density at radius 1 is 1.08 bits per heavy atom. The van der Waals surface area contributed by atoms with Crippen LogP contribution in [-0.2, 0) is 16.6 Å². The Balaban J connectivity index is 1.86. The summed E-state index contributed by atoms with van der Waals surface area (Å²) in [6.45, 7) is 0.971. The molecule has 134 valence electrons. The highest BCUT2D eigenvalue weighted by atomic mass is 32.2. The summed E-state index contributed by atoms with van der Waals surface area (Å²) in [5.74, 6) is 1.84. The number of sulfonamides is 1. The molecule has 0 aliphatic carbocycles. The first kappa shape index (κ1) is 17.4. The predicted molar refractivity (Wildman–Crippen MR) is 91.0 cm³/mol. The van der Waals surface area contributed by atoms with Crippen LogP contribution in [0.5, 0.6) is 23.0 Å². The molecule has 0 bridgehead atoms. The number of rotatable bonds is 6. The smallest absolute Gasteiger partial charge is 0.244 e. The zero-order valence-corrected chi connectivity index (χ0v) is 14.8. The number of methoxy groups -OCH3 is 2. The summed E-state index contributed by atoms with van der Waals surface area (Å²) < 4.78 is 49.3.